The van der Waals surface area contributed by atoms with Crippen LogP contribution in [-0.4, -0.2) is 19.8 Å². The molecule has 2 atom stereocenters. The van der Waals surface area contributed by atoms with E-state index in [-0.39, 0.29) is 17.7 Å². The molecule has 0 spiro atoms. The molecule has 2 unspecified atom stereocenters. The summed E-state index contributed by atoms with van der Waals surface area (Å²) in [6.45, 7) is 6.28. The summed E-state index contributed by atoms with van der Waals surface area (Å²) in [5, 5.41) is 3.20. The minimum absolute atomic E-state index is 0.0614. The first kappa shape index (κ1) is 16.1. The molecule has 2 nitrogen and oxygen atoms in total. The van der Waals surface area contributed by atoms with E-state index < -0.39 is 11.6 Å². The number of benzene rings is 1. The second kappa shape index (κ2) is 7.56. The smallest absolute Gasteiger partial charge is 0.133 e. The Morgan fingerprint density at radius 2 is 2.00 bits per heavy atom. The zero-order chi connectivity index (χ0) is 14.4. The molecule has 19 heavy (non-hydrogen) atoms. The molecule has 1 aromatic rings. The van der Waals surface area contributed by atoms with Crippen LogP contribution in [0.1, 0.15) is 43.9 Å². The number of hydrogen-bond acceptors (Lipinski definition) is 2. The van der Waals surface area contributed by atoms with Crippen LogP contribution < -0.4 is 5.32 Å². The Morgan fingerprint density at radius 1 is 1.32 bits per heavy atom. The predicted molar refractivity (Wildman–Crippen MR) is 73.2 cm³/mol. The van der Waals surface area contributed by atoms with Gasteiger partial charge in [-0.1, -0.05) is 13.0 Å². The first-order valence-electron chi connectivity index (χ1n) is 6.71. The first-order chi connectivity index (χ1) is 9.01. The number of halogens is 2. The summed E-state index contributed by atoms with van der Waals surface area (Å²) in [4.78, 5) is 0. The molecule has 0 aliphatic rings. The first-order valence-corrected chi connectivity index (χ1v) is 6.71. The van der Waals surface area contributed by atoms with Gasteiger partial charge in [-0.25, -0.2) is 8.78 Å². The van der Waals surface area contributed by atoms with E-state index in [9.17, 15) is 8.78 Å². The van der Waals surface area contributed by atoms with Crippen LogP contribution in [0.3, 0.4) is 0 Å². The van der Waals surface area contributed by atoms with Gasteiger partial charge in [0.25, 0.3) is 0 Å². The van der Waals surface area contributed by atoms with Crippen LogP contribution in [0.25, 0.3) is 0 Å². The molecule has 1 aromatic carbocycles. The third-order valence-electron chi connectivity index (χ3n) is 3.28. The van der Waals surface area contributed by atoms with Crippen LogP contribution in [-0.2, 0) is 4.74 Å². The van der Waals surface area contributed by atoms with Gasteiger partial charge in [-0.3, -0.25) is 0 Å². The van der Waals surface area contributed by atoms with E-state index in [0.717, 1.165) is 6.42 Å². The largest absolute Gasteiger partial charge is 0.382 e. The van der Waals surface area contributed by atoms with Gasteiger partial charge in [0.1, 0.15) is 11.6 Å². The monoisotopic (exact) mass is 271 g/mol. The average molecular weight is 271 g/mol. The highest BCUT2D eigenvalue weighted by atomic mass is 19.1. The summed E-state index contributed by atoms with van der Waals surface area (Å²) in [6.07, 6.45) is 1.38. The minimum Gasteiger partial charge on any atom is -0.382 e. The van der Waals surface area contributed by atoms with Gasteiger partial charge in [-0.2, -0.15) is 0 Å². The Balaban J connectivity index is 3.05. The summed E-state index contributed by atoms with van der Waals surface area (Å²) in [6, 6.07) is 2.42. The lowest BCUT2D eigenvalue weighted by atomic mass is 9.97. The molecule has 0 aliphatic heterocycles. The van der Waals surface area contributed by atoms with Crippen molar-refractivity contribution in [1.29, 1.82) is 0 Å². The molecule has 1 rings (SSSR count). The molecular formula is C15H23F2NO. The van der Waals surface area contributed by atoms with Crippen LogP contribution in [0, 0.1) is 18.6 Å². The second-order valence-electron chi connectivity index (χ2n) is 4.88. The van der Waals surface area contributed by atoms with E-state index in [1.807, 2.05) is 13.8 Å². The number of methoxy groups -OCH3 is 1. The molecule has 0 heterocycles. The van der Waals surface area contributed by atoms with Crippen molar-refractivity contribution in [3.63, 3.8) is 0 Å². The molecule has 108 valence electrons. The SMILES string of the molecule is CCCNC(CC(C)OC)c1c(F)ccc(C)c1F. The lowest BCUT2D eigenvalue weighted by Crippen LogP contribution is -2.28. The maximum Gasteiger partial charge on any atom is 0.133 e. The lowest BCUT2D eigenvalue weighted by Gasteiger charge is -2.23. The normalized spacial score (nSPS) is 14.4. The Bertz CT molecular complexity index is 409. The van der Waals surface area contributed by atoms with E-state index in [4.69, 9.17) is 4.74 Å². The molecule has 0 aliphatic carbocycles. The number of ether oxygens (including phenoxy) is 1. The molecule has 1 N–H and O–H groups in total. The van der Waals surface area contributed by atoms with Crippen molar-refractivity contribution in [3.8, 4) is 0 Å². The van der Waals surface area contributed by atoms with Gasteiger partial charge < -0.3 is 10.1 Å². The van der Waals surface area contributed by atoms with E-state index in [2.05, 4.69) is 5.32 Å². The van der Waals surface area contributed by atoms with Crippen LogP contribution in [0.4, 0.5) is 8.78 Å². The highest BCUT2D eigenvalue weighted by Crippen LogP contribution is 2.27. The van der Waals surface area contributed by atoms with Gasteiger partial charge in [0.2, 0.25) is 0 Å². The molecular weight excluding hydrogens is 248 g/mol. The quantitative estimate of drug-likeness (QED) is 0.815. The fraction of sp³-hybridized carbons (Fsp3) is 0.600. The van der Waals surface area contributed by atoms with Crippen molar-refractivity contribution in [2.24, 2.45) is 0 Å². The summed E-state index contributed by atoms with van der Waals surface area (Å²) in [7, 11) is 1.60. The van der Waals surface area contributed by atoms with Gasteiger partial charge in [-0.05, 0) is 44.9 Å². The van der Waals surface area contributed by atoms with Crippen molar-refractivity contribution in [2.75, 3.05) is 13.7 Å². The zero-order valence-electron chi connectivity index (χ0n) is 12.1. The fourth-order valence-electron chi connectivity index (χ4n) is 2.05. The molecule has 0 radical (unpaired) electrons. The summed E-state index contributed by atoms with van der Waals surface area (Å²) in [5.74, 6) is -0.961. The van der Waals surface area contributed by atoms with E-state index in [0.29, 0.717) is 18.5 Å². The van der Waals surface area contributed by atoms with Crippen molar-refractivity contribution in [2.45, 2.75) is 45.8 Å². The fourth-order valence-corrected chi connectivity index (χ4v) is 2.05. The number of nitrogens with one attached hydrogen (secondary N) is 1. The standard InChI is InChI=1S/C15H23F2NO/c1-5-8-18-13(9-11(3)19-4)14-12(16)7-6-10(2)15(14)17/h6-7,11,13,18H,5,8-9H2,1-4H3. The third kappa shape index (κ3) is 4.25. The van der Waals surface area contributed by atoms with Crippen LogP contribution in [0.5, 0.6) is 0 Å². The van der Waals surface area contributed by atoms with Gasteiger partial charge in [0.15, 0.2) is 0 Å². The number of aryl methyl sites for hydroxylation is 1. The molecule has 0 saturated heterocycles. The van der Waals surface area contributed by atoms with Gasteiger partial charge in [0.05, 0.1) is 6.10 Å². The average Bonchev–Trinajstić information content (AvgIpc) is 2.40. The van der Waals surface area contributed by atoms with Gasteiger partial charge in [-0.15, -0.1) is 0 Å². The van der Waals surface area contributed by atoms with Crippen LogP contribution in [0.2, 0.25) is 0 Å². The summed E-state index contributed by atoms with van der Waals surface area (Å²) >= 11 is 0. The Kier molecular flexibility index (Phi) is 6.38. The Labute approximate surface area is 114 Å². The van der Waals surface area contributed by atoms with Crippen molar-refractivity contribution < 1.29 is 13.5 Å². The minimum atomic E-state index is -0.500. The highest BCUT2D eigenvalue weighted by molar-refractivity contribution is 5.29. The number of rotatable bonds is 7. The number of hydrogen-bond donors (Lipinski definition) is 1. The molecule has 0 aromatic heterocycles. The lowest BCUT2D eigenvalue weighted by molar-refractivity contribution is 0.0995. The molecule has 0 bridgehead atoms. The molecule has 0 fully saturated rings. The zero-order valence-corrected chi connectivity index (χ0v) is 12.1. The molecule has 0 saturated carbocycles. The van der Waals surface area contributed by atoms with Crippen molar-refractivity contribution >= 4 is 0 Å². The van der Waals surface area contributed by atoms with Gasteiger partial charge in [0, 0.05) is 18.7 Å². The third-order valence-corrected chi connectivity index (χ3v) is 3.28. The van der Waals surface area contributed by atoms with Crippen molar-refractivity contribution in [1.82, 2.24) is 5.32 Å². The molecule has 0 amide bonds. The van der Waals surface area contributed by atoms with Crippen LogP contribution in [0.15, 0.2) is 12.1 Å². The van der Waals surface area contributed by atoms with E-state index in [1.54, 1.807) is 14.0 Å². The summed E-state index contributed by atoms with van der Waals surface area (Å²) in [5.41, 5.74) is 0.585. The predicted octanol–water partition coefficient (Wildman–Crippen LogP) is 3.74. The Hall–Kier alpha value is -1.00. The van der Waals surface area contributed by atoms with Crippen molar-refractivity contribution in [3.05, 3.63) is 34.9 Å². The second-order valence-corrected chi connectivity index (χ2v) is 4.88. The Morgan fingerprint density at radius 3 is 2.58 bits per heavy atom. The van der Waals surface area contributed by atoms with E-state index >= 15 is 0 Å². The maximum absolute atomic E-state index is 14.2. The van der Waals surface area contributed by atoms with Crippen LogP contribution >= 0.6 is 0 Å². The van der Waals surface area contributed by atoms with Gasteiger partial charge >= 0.3 is 0 Å². The maximum atomic E-state index is 14.2. The highest BCUT2D eigenvalue weighted by Gasteiger charge is 2.22. The summed E-state index contributed by atoms with van der Waals surface area (Å²) < 4.78 is 33.3. The van der Waals surface area contributed by atoms with E-state index in [1.165, 1.54) is 12.1 Å². The molecule has 4 heteroatoms. The topological polar surface area (TPSA) is 21.3 Å².